The van der Waals surface area contributed by atoms with Crippen LogP contribution >= 0.6 is 0 Å². The van der Waals surface area contributed by atoms with Crippen molar-refractivity contribution in [2.45, 2.75) is 83.1 Å². The fourth-order valence-electron chi connectivity index (χ4n) is 5.34. The van der Waals surface area contributed by atoms with Gasteiger partial charge in [0.25, 0.3) is 0 Å². The maximum absolute atomic E-state index is 6.77. The summed E-state index contributed by atoms with van der Waals surface area (Å²) in [5, 5.41) is 0. The fourth-order valence-corrected chi connectivity index (χ4v) is 5.34. The minimum absolute atomic E-state index is 0.331. The highest BCUT2D eigenvalue weighted by molar-refractivity contribution is 5.18. The van der Waals surface area contributed by atoms with Crippen LogP contribution in [0.25, 0.3) is 0 Å². The van der Waals surface area contributed by atoms with E-state index >= 15 is 0 Å². The lowest BCUT2D eigenvalue weighted by molar-refractivity contribution is -0.261. The highest BCUT2D eigenvalue weighted by Crippen LogP contribution is 2.31. The summed E-state index contributed by atoms with van der Waals surface area (Å²) in [5.41, 5.74) is 4.33. The van der Waals surface area contributed by atoms with E-state index < -0.39 is 30.5 Å². The van der Waals surface area contributed by atoms with Gasteiger partial charge >= 0.3 is 0 Å². The molecule has 0 saturated carbocycles. The van der Waals surface area contributed by atoms with Crippen LogP contribution in [0.15, 0.2) is 121 Å². The largest absolute Gasteiger partial charge is 0.374 e. The molecule has 0 bridgehead atoms. The second-order valence-electron chi connectivity index (χ2n) is 11.3. The average molecular weight is 605 g/mol. The molecule has 45 heavy (non-hydrogen) atoms. The van der Waals surface area contributed by atoms with Gasteiger partial charge in [0.1, 0.15) is 30.5 Å². The van der Waals surface area contributed by atoms with Crippen LogP contribution in [0.1, 0.15) is 48.4 Å². The Hall–Kier alpha value is -3.76. The summed E-state index contributed by atoms with van der Waals surface area (Å²) in [4.78, 5) is 0. The van der Waals surface area contributed by atoms with E-state index in [1.165, 1.54) is 0 Å². The van der Waals surface area contributed by atoms with E-state index in [1.54, 1.807) is 0 Å². The van der Waals surface area contributed by atoms with Crippen LogP contribution in [-0.2, 0) is 50.1 Å². The smallest absolute Gasteiger partial charge is 0.147 e. The Bertz CT molecular complexity index is 1420. The molecule has 234 valence electrons. The number of rotatable bonds is 15. The third-order valence-electron chi connectivity index (χ3n) is 7.78. The van der Waals surface area contributed by atoms with E-state index in [0.717, 1.165) is 41.5 Å². The highest BCUT2D eigenvalue weighted by atomic mass is 16.6. The van der Waals surface area contributed by atoms with Gasteiger partial charge < -0.3 is 23.7 Å². The van der Waals surface area contributed by atoms with Gasteiger partial charge in [-0.2, -0.15) is 0 Å². The summed E-state index contributed by atoms with van der Waals surface area (Å²) in [7, 11) is 0. The zero-order chi connectivity index (χ0) is 30.9. The summed E-state index contributed by atoms with van der Waals surface area (Å²) >= 11 is 0. The molecule has 0 amide bonds. The lowest BCUT2D eigenvalue weighted by Gasteiger charge is -2.45. The molecule has 0 N–H and O–H groups in total. The van der Waals surface area contributed by atoms with Gasteiger partial charge in [-0.15, -0.1) is 5.92 Å². The second kappa shape index (κ2) is 18.3. The van der Waals surface area contributed by atoms with Gasteiger partial charge in [-0.3, -0.25) is 0 Å². The SMILES string of the molecule is CCCCC#C[C@H]1O[C@H](COCc2ccccc2)[C@@H](OCc2ccccc2)[C@H](OCc2ccccc2)[C@@H]1OCc1ccccc1. The van der Waals surface area contributed by atoms with Crippen LogP contribution in [0.4, 0.5) is 0 Å². The van der Waals surface area contributed by atoms with E-state index in [-0.39, 0.29) is 0 Å². The molecule has 4 aromatic rings. The third kappa shape index (κ3) is 10.4. The molecule has 1 aliphatic heterocycles. The van der Waals surface area contributed by atoms with Crippen LogP contribution in [0, 0.1) is 11.8 Å². The monoisotopic (exact) mass is 604 g/mol. The van der Waals surface area contributed by atoms with Gasteiger partial charge in [0.05, 0.1) is 33.0 Å². The summed E-state index contributed by atoms with van der Waals surface area (Å²) in [6.45, 7) is 4.21. The molecule has 1 aliphatic rings. The Morgan fingerprint density at radius 2 is 1.00 bits per heavy atom. The van der Waals surface area contributed by atoms with Gasteiger partial charge in [-0.1, -0.05) is 141 Å². The standard InChI is InChI=1S/C40H44O5/c1-2-3-4-17-26-36-38(42-28-33-20-11-6-12-21-33)40(44-30-35-24-15-8-16-25-35)39(43-29-34-22-13-7-14-23-34)37(45-36)31-41-27-32-18-9-5-10-19-32/h5-16,18-25,36-40H,2-4,27-31H2,1H3/t36-,37-,38-,39-,40-/m1/s1. The molecule has 0 spiro atoms. The first-order valence-corrected chi connectivity index (χ1v) is 16.0. The van der Waals surface area contributed by atoms with Crippen molar-refractivity contribution in [3.05, 3.63) is 144 Å². The summed E-state index contributed by atoms with van der Waals surface area (Å²) in [6, 6.07) is 40.7. The molecule has 1 heterocycles. The normalized spacial score (nSPS) is 21.1. The van der Waals surface area contributed by atoms with E-state index in [1.807, 2.05) is 72.8 Å². The number of hydrogen-bond donors (Lipinski definition) is 0. The van der Waals surface area contributed by atoms with Crippen molar-refractivity contribution in [2.24, 2.45) is 0 Å². The lowest BCUT2D eigenvalue weighted by Crippen LogP contribution is -2.60. The van der Waals surface area contributed by atoms with Crippen LogP contribution < -0.4 is 0 Å². The van der Waals surface area contributed by atoms with Crippen molar-refractivity contribution < 1.29 is 23.7 Å². The van der Waals surface area contributed by atoms with Crippen LogP contribution in [0.2, 0.25) is 0 Å². The zero-order valence-electron chi connectivity index (χ0n) is 26.1. The van der Waals surface area contributed by atoms with E-state index in [2.05, 4.69) is 67.3 Å². The quantitative estimate of drug-likeness (QED) is 0.102. The van der Waals surface area contributed by atoms with Crippen molar-refractivity contribution in [3.63, 3.8) is 0 Å². The number of hydrogen-bond acceptors (Lipinski definition) is 5. The summed E-state index contributed by atoms with van der Waals surface area (Å²) < 4.78 is 33.2. The maximum atomic E-state index is 6.77. The Labute approximate surface area is 268 Å². The molecule has 0 radical (unpaired) electrons. The summed E-state index contributed by atoms with van der Waals surface area (Å²) in [5.74, 6) is 6.78. The van der Waals surface area contributed by atoms with Crippen LogP contribution in [-0.4, -0.2) is 37.1 Å². The summed E-state index contributed by atoms with van der Waals surface area (Å²) in [6.07, 6.45) is 0.613. The number of unbranched alkanes of at least 4 members (excludes halogenated alkanes) is 2. The maximum Gasteiger partial charge on any atom is 0.147 e. The number of ether oxygens (including phenoxy) is 5. The molecule has 1 fully saturated rings. The molecule has 0 unspecified atom stereocenters. The molecule has 4 aromatic carbocycles. The zero-order valence-corrected chi connectivity index (χ0v) is 26.1. The molecular weight excluding hydrogens is 560 g/mol. The van der Waals surface area contributed by atoms with Gasteiger partial charge in [-0.05, 0) is 28.7 Å². The Morgan fingerprint density at radius 3 is 1.49 bits per heavy atom. The minimum Gasteiger partial charge on any atom is -0.374 e. The fraction of sp³-hybridized carbons (Fsp3) is 0.350. The van der Waals surface area contributed by atoms with E-state index in [4.69, 9.17) is 23.7 Å². The molecule has 0 aliphatic carbocycles. The van der Waals surface area contributed by atoms with Crippen molar-refractivity contribution >= 4 is 0 Å². The Balaban J connectivity index is 1.44. The van der Waals surface area contributed by atoms with Crippen molar-refractivity contribution in [1.29, 1.82) is 0 Å². The van der Waals surface area contributed by atoms with E-state index in [9.17, 15) is 0 Å². The van der Waals surface area contributed by atoms with Gasteiger partial charge in [0.2, 0.25) is 0 Å². The predicted molar refractivity (Wildman–Crippen MR) is 177 cm³/mol. The first kappa shape index (κ1) is 32.6. The first-order chi connectivity index (χ1) is 22.3. The van der Waals surface area contributed by atoms with Crippen LogP contribution in [0.3, 0.4) is 0 Å². The molecule has 5 heteroatoms. The van der Waals surface area contributed by atoms with Crippen molar-refractivity contribution in [1.82, 2.24) is 0 Å². The molecule has 5 nitrogen and oxygen atoms in total. The average Bonchev–Trinajstić information content (AvgIpc) is 3.10. The molecule has 1 saturated heterocycles. The first-order valence-electron chi connectivity index (χ1n) is 16.0. The van der Waals surface area contributed by atoms with Gasteiger partial charge in [0, 0.05) is 6.42 Å². The Kier molecular flexibility index (Phi) is 13.2. The van der Waals surface area contributed by atoms with E-state index in [0.29, 0.717) is 33.0 Å². The minimum atomic E-state index is -0.506. The molecule has 0 aromatic heterocycles. The highest BCUT2D eigenvalue weighted by Gasteiger charge is 2.48. The second-order valence-corrected chi connectivity index (χ2v) is 11.3. The van der Waals surface area contributed by atoms with Gasteiger partial charge in [-0.25, -0.2) is 0 Å². The van der Waals surface area contributed by atoms with Crippen LogP contribution in [0.5, 0.6) is 0 Å². The molecule has 5 atom stereocenters. The predicted octanol–water partition coefficient (Wildman–Crippen LogP) is 7.92. The number of benzene rings is 4. The molecular formula is C40H44O5. The van der Waals surface area contributed by atoms with Crippen molar-refractivity contribution in [3.8, 4) is 11.8 Å². The third-order valence-corrected chi connectivity index (χ3v) is 7.78. The van der Waals surface area contributed by atoms with Gasteiger partial charge in [0.15, 0.2) is 0 Å². The Morgan fingerprint density at radius 1 is 0.556 bits per heavy atom. The van der Waals surface area contributed by atoms with Crippen molar-refractivity contribution in [2.75, 3.05) is 6.61 Å². The topological polar surface area (TPSA) is 46.2 Å². The lowest BCUT2D eigenvalue weighted by atomic mass is 9.94. The molecule has 5 rings (SSSR count).